The van der Waals surface area contributed by atoms with Gasteiger partial charge in [-0.1, -0.05) is 25.5 Å². The predicted molar refractivity (Wildman–Crippen MR) is 75.5 cm³/mol. The molecule has 2 heterocycles. The van der Waals surface area contributed by atoms with Crippen LogP contribution in [-0.4, -0.2) is 21.7 Å². The molecule has 0 aliphatic rings. The number of ether oxygens (including phenoxy) is 1. The molecule has 0 amide bonds. The number of fused-ring (bicyclic) bond motifs is 3. The zero-order valence-corrected chi connectivity index (χ0v) is 11.1. The molecular formula is C14H16N4O. The maximum Gasteiger partial charge on any atom is 0.222 e. The summed E-state index contributed by atoms with van der Waals surface area (Å²) >= 11 is 0. The summed E-state index contributed by atoms with van der Waals surface area (Å²) < 4.78 is 7.04. The maximum absolute atomic E-state index is 5.99. The summed E-state index contributed by atoms with van der Waals surface area (Å²) in [5.74, 6) is 1.11. The van der Waals surface area contributed by atoms with E-state index >= 15 is 0 Å². The van der Waals surface area contributed by atoms with Crippen molar-refractivity contribution in [2.24, 2.45) is 0 Å². The van der Waals surface area contributed by atoms with E-state index in [9.17, 15) is 0 Å². The van der Waals surface area contributed by atoms with Gasteiger partial charge in [-0.25, -0.2) is 4.98 Å². The fourth-order valence-electron chi connectivity index (χ4n) is 2.35. The first-order valence-corrected chi connectivity index (χ1v) is 6.35. The third-order valence-electron chi connectivity index (χ3n) is 3.20. The normalized spacial score (nSPS) is 11.3. The van der Waals surface area contributed by atoms with Gasteiger partial charge in [-0.15, -0.1) is 0 Å². The number of rotatable bonds is 3. The minimum atomic E-state index is 0.384. The van der Waals surface area contributed by atoms with E-state index < -0.39 is 0 Å². The van der Waals surface area contributed by atoms with E-state index in [1.807, 2.05) is 18.2 Å². The Morgan fingerprint density at radius 1 is 1.37 bits per heavy atom. The van der Waals surface area contributed by atoms with E-state index in [4.69, 9.17) is 10.5 Å². The minimum absolute atomic E-state index is 0.384. The smallest absolute Gasteiger partial charge is 0.222 e. The van der Waals surface area contributed by atoms with Crippen molar-refractivity contribution in [3.8, 4) is 5.75 Å². The summed E-state index contributed by atoms with van der Waals surface area (Å²) in [6, 6.07) is 7.92. The number of anilines is 1. The molecule has 0 aliphatic heterocycles. The molecule has 0 fully saturated rings. The van der Waals surface area contributed by atoms with Gasteiger partial charge in [-0.2, -0.15) is 9.61 Å². The molecule has 0 bridgehead atoms. The first kappa shape index (κ1) is 11.8. The number of methoxy groups -OCH3 is 1. The second kappa shape index (κ2) is 4.42. The van der Waals surface area contributed by atoms with Crippen LogP contribution in [0.1, 0.15) is 19.0 Å². The SMILES string of the molecule is CCCc1cc2c3cccc(OC)c3nc(N)n2n1. The van der Waals surface area contributed by atoms with Crippen molar-refractivity contribution < 1.29 is 4.74 Å². The molecule has 5 nitrogen and oxygen atoms in total. The second-order valence-corrected chi connectivity index (χ2v) is 4.51. The Hall–Kier alpha value is -2.30. The molecule has 0 saturated heterocycles. The van der Waals surface area contributed by atoms with Crippen LogP contribution in [0.15, 0.2) is 24.3 Å². The fourth-order valence-corrected chi connectivity index (χ4v) is 2.35. The largest absolute Gasteiger partial charge is 0.494 e. The van der Waals surface area contributed by atoms with Crippen molar-refractivity contribution in [1.82, 2.24) is 14.6 Å². The first-order valence-electron chi connectivity index (χ1n) is 6.35. The van der Waals surface area contributed by atoms with E-state index in [1.54, 1.807) is 11.6 Å². The van der Waals surface area contributed by atoms with Gasteiger partial charge >= 0.3 is 0 Å². The first-order chi connectivity index (χ1) is 9.24. The monoisotopic (exact) mass is 256 g/mol. The molecule has 0 atom stereocenters. The van der Waals surface area contributed by atoms with Crippen molar-refractivity contribution in [2.75, 3.05) is 12.8 Å². The summed E-state index contributed by atoms with van der Waals surface area (Å²) in [5.41, 5.74) is 8.78. The lowest BCUT2D eigenvalue weighted by Crippen LogP contribution is -2.03. The third kappa shape index (κ3) is 1.78. The second-order valence-electron chi connectivity index (χ2n) is 4.51. The minimum Gasteiger partial charge on any atom is -0.494 e. The molecule has 98 valence electrons. The summed E-state index contributed by atoms with van der Waals surface area (Å²) in [4.78, 5) is 4.40. The number of hydrogen-bond acceptors (Lipinski definition) is 4. The van der Waals surface area contributed by atoms with Gasteiger partial charge in [0.2, 0.25) is 5.95 Å². The number of para-hydroxylation sites is 1. The molecule has 0 aliphatic carbocycles. The zero-order chi connectivity index (χ0) is 13.4. The van der Waals surface area contributed by atoms with Crippen molar-refractivity contribution >= 4 is 22.4 Å². The van der Waals surface area contributed by atoms with Crippen LogP contribution in [0.2, 0.25) is 0 Å². The Kier molecular flexibility index (Phi) is 2.74. The van der Waals surface area contributed by atoms with Crippen LogP contribution in [0.3, 0.4) is 0 Å². The molecule has 3 aromatic rings. The number of hydrogen-bond donors (Lipinski definition) is 1. The Morgan fingerprint density at radius 2 is 2.21 bits per heavy atom. The Balaban J connectivity index is 2.38. The van der Waals surface area contributed by atoms with Crippen molar-refractivity contribution in [3.63, 3.8) is 0 Å². The molecule has 0 saturated carbocycles. The average molecular weight is 256 g/mol. The lowest BCUT2D eigenvalue weighted by Gasteiger charge is -2.07. The predicted octanol–water partition coefficient (Wildman–Crippen LogP) is 2.43. The average Bonchev–Trinajstić information content (AvgIpc) is 2.83. The summed E-state index contributed by atoms with van der Waals surface area (Å²) in [6.07, 6.45) is 1.99. The summed E-state index contributed by atoms with van der Waals surface area (Å²) in [5, 5.41) is 5.50. The number of nitrogens with zero attached hydrogens (tertiary/aromatic N) is 3. The molecule has 0 radical (unpaired) electrons. The van der Waals surface area contributed by atoms with Gasteiger partial charge in [0.25, 0.3) is 0 Å². The van der Waals surface area contributed by atoms with Gasteiger partial charge in [0, 0.05) is 5.39 Å². The van der Waals surface area contributed by atoms with E-state index in [0.29, 0.717) is 5.95 Å². The van der Waals surface area contributed by atoms with Crippen LogP contribution in [0, 0.1) is 0 Å². The van der Waals surface area contributed by atoms with Crippen LogP contribution in [-0.2, 0) is 6.42 Å². The number of aryl methyl sites for hydroxylation is 1. The van der Waals surface area contributed by atoms with Crippen LogP contribution < -0.4 is 10.5 Å². The van der Waals surface area contributed by atoms with Gasteiger partial charge in [0.15, 0.2) is 0 Å². The van der Waals surface area contributed by atoms with Gasteiger partial charge < -0.3 is 10.5 Å². The third-order valence-corrected chi connectivity index (χ3v) is 3.20. The molecule has 0 spiro atoms. The van der Waals surface area contributed by atoms with E-state index in [2.05, 4.69) is 23.1 Å². The highest BCUT2D eigenvalue weighted by Gasteiger charge is 2.12. The number of nitrogen functional groups attached to an aromatic ring is 1. The zero-order valence-electron chi connectivity index (χ0n) is 11.1. The van der Waals surface area contributed by atoms with Crippen LogP contribution in [0.25, 0.3) is 16.4 Å². The van der Waals surface area contributed by atoms with E-state index in [1.165, 1.54) is 0 Å². The van der Waals surface area contributed by atoms with Crippen molar-refractivity contribution in [1.29, 1.82) is 0 Å². The topological polar surface area (TPSA) is 65.4 Å². The Morgan fingerprint density at radius 3 is 2.95 bits per heavy atom. The molecule has 2 aromatic heterocycles. The summed E-state index contributed by atoms with van der Waals surface area (Å²) in [6.45, 7) is 2.13. The molecule has 1 aromatic carbocycles. The lowest BCUT2D eigenvalue weighted by molar-refractivity contribution is 0.419. The van der Waals surface area contributed by atoms with Gasteiger partial charge in [-0.05, 0) is 18.6 Å². The molecule has 19 heavy (non-hydrogen) atoms. The molecule has 0 unspecified atom stereocenters. The van der Waals surface area contributed by atoms with Crippen molar-refractivity contribution in [2.45, 2.75) is 19.8 Å². The fraction of sp³-hybridized carbons (Fsp3) is 0.286. The Labute approximate surface area is 111 Å². The Bertz CT molecular complexity index is 748. The van der Waals surface area contributed by atoms with Gasteiger partial charge in [-0.3, -0.25) is 0 Å². The number of nitrogens with two attached hydrogens (primary N) is 1. The quantitative estimate of drug-likeness (QED) is 0.781. The number of aromatic nitrogens is 3. The van der Waals surface area contributed by atoms with Crippen LogP contribution in [0.5, 0.6) is 5.75 Å². The molecule has 2 N–H and O–H groups in total. The lowest BCUT2D eigenvalue weighted by atomic mass is 10.2. The van der Waals surface area contributed by atoms with Crippen molar-refractivity contribution in [3.05, 3.63) is 30.0 Å². The molecule has 3 rings (SSSR count). The number of benzene rings is 1. The van der Waals surface area contributed by atoms with Gasteiger partial charge in [0.05, 0.1) is 18.3 Å². The standard InChI is InChI=1S/C14H16N4O/c1-3-5-9-8-11-10-6-4-7-12(19-2)13(10)16-14(15)18(11)17-9/h4,6-8H,3,5H2,1-2H3,(H2,15,16). The maximum atomic E-state index is 5.99. The highest BCUT2D eigenvalue weighted by molar-refractivity contribution is 5.97. The molecule has 5 heteroatoms. The van der Waals surface area contributed by atoms with E-state index in [0.717, 1.165) is 40.7 Å². The molecular weight excluding hydrogens is 240 g/mol. The van der Waals surface area contributed by atoms with Crippen LogP contribution in [0.4, 0.5) is 5.95 Å². The highest BCUT2D eigenvalue weighted by atomic mass is 16.5. The summed E-state index contributed by atoms with van der Waals surface area (Å²) in [7, 11) is 1.63. The highest BCUT2D eigenvalue weighted by Crippen LogP contribution is 2.28. The van der Waals surface area contributed by atoms with Crippen LogP contribution >= 0.6 is 0 Å². The van der Waals surface area contributed by atoms with E-state index in [-0.39, 0.29) is 0 Å². The van der Waals surface area contributed by atoms with Gasteiger partial charge in [0.1, 0.15) is 11.3 Å².